The van der Waals surface area contributed by atoms with Gasteiger partial charge >= 0.3 is 12.1 Å². The third-order valence-corrected chi connectivity index (χ3v) is 8.58. The number of carboxylic acid groups (broad SMARTS) is 1. The average molecular weight is 530 g/mol. The predicted octanol–water partition coefficient (Wildman–Crippen LogP) is 6.87. The van der Waals surface area contributed by atoms with Gasteiger partial charge < -0.3 is 5.11 Å². The van der Waals surface area contributed by atoms with E-state index in [1.807, 2.05) is 6.92 Å². The molecule has 4 aromatic rings. The Morgan fingerprint density at radius 1 is 0.892 bits per heavy atom. The van der Waals surface area contributed by atoms with Gasteiger partial charge in [0.05, 0.1) is 21.5 Å². The van der Waals surface area contributed by atoms with Crippen molar-refractivity contribution in [1.82, 2.24) is 3.97 Å². The number of rotatable bonds is 7. The third-order valence-electron chi connectivity index (χ3n) is 6.80. The highest BCUT2D eigenvalue weighted by molar-refractivity contribution is 7.90. The molecule has 5 nitrogen and oxygen atoms in total. The number of aromatic carboxylic acids is 1. The summed E-state index contributed by atoms with van der Waals surface area (Å²) in [5.74, 6) is -1.10. The molecule has 0 spiro atoms. The second kappa shape index (κ2) is 9.37. The molecular formula is C28H26F3NO4S. The molecule has 0 amide bonds. The zero-order chi connectivity index (χ0) is 27.2. The fourth-order valence-electron chi connectivity index (χ4n) is 4.19. The number of hydrogen-bond donors (Lipinski definition) is 1. The zero-order valence-corrected chi connectivity index (χ0v) is 21.3. The quantitative estimate of drug-likeness (QED) is 0.283. The molecule has 1 N–H and O–H groups in total. The first-order valence-electron chi connectivity index (χ1n) is 11.6. The largest absolute Gasteiger partial charge is 0.478 e. The molecule has 0 aliphatic heterocycles. The summed E-state index contributed by atoms with van der Waals surface area (Å²) in [4.78, 5) is 11.2. The van der Waals surface area contributed by atoms with Crippen LogP contribution < -0.4 is 0 Å². The number of alkyl halides is 3. The maximum atomic E-state index is 13.8. The molecule has 0 radical (unpaired) electrons. The van der Waals surface area contributed by atoms with Gasteiger partial charge in [-0.15, -0.1) is 0 Å². The van der Waals surface area contributed by atoms with Crippen LogP contribution in [0.2, 0.25) is 0 Å². The lowest BCUT2D eigenvalue weighted by Gasteiger charge is -2.23. The summed E-state index contributed by atoms with van der Waals surface area (Å²) < 4.78 is 68.8. The second-order valence-corrected chi connectivity index (χ2v) is 11.4. The molecule has 1 aromatic heterocycles. The van der Waals surface area contributed by atoms with E-state index in [1.165, 1.54) is 36.4 Å². The first-order valence-corrected chi connectivity index (χ1v) is 13.1. The molecule has 0 fully saturated rings. The normalized spacial score (nSPS) is 12.7. The minimum atomic E-state index is -4.58. The van der Waals surface area contributed by atoms with Gasteiger partial charge in [-0.1, -0.05) is 45.0 Å². The molecule has 0 atom stereocenters. The van der Waals surface area contributed by atoms with Gasteiger partial charge in [0, 0.05) is 17.5 Å². The minimum Gasteiger partial charge on any atom is -0.478 e. The fraction of sp³-hybridized carbons (Fsp3) is 0.250. The van der Waals surface area contributed by atoms with Crippen molar-refractivity contribution in [2.45, 2.75) is 50.1 Å². The zero-order valence-electron chi connectivity index (χ0n) is 20.5. The van der Waals surface area contributed by atoms with Gasteiger partial charge in [-0.25, -0.2) is 17.2 Å². The van der Waals surface area contributed by atoms with Gasteiger partial charge in [0.2, 0.25) is 0 Å². The lowest BCUT2D eigenvalue weighted by Crippen LogP contribution is -2.18. The van der Waals surface area contributed by atoms with Gasteiger partial charge in [-0.05, 0) is 71.5 Å². The van der Waals surface area contributed by atoms with Gasteiger partial charge in [0.1, 0.15) is 0 Å². The Kier molecular flexibility index (Phi) is 6.71. The van der Waals surface area contributed by atoms with Crippen molar-refractivity contribution in [2.24, 2.45) is 0 Å². The average Bonchev–Trinajstić information content (AvgIpc) is 3.21. The summed E-state index contributed by atoms with van der Waals surface area (Å²) in [5.41, 5.74) is 1.02. The van der Waals surface area contributed by atoms with E-state index in [1.54, 1.807) is 24.3 Å². The number of hydrogen-bond acceptors (Lipinski definition) is 3. The van der Waals surface area contributed by atoms with Gasteiger partial charge in [0.15, 0.2) is 0 Å². The summed E-state index contributed by atoms with van der Waals surface area (Å²) in [6.45, 7) is 6.16. The SMILES string of the molecule is CCC(C)(C)c1ccc(S(=O)(=O)n2c(Cc3ccc(C(=O)O)cc3)cc3cc(C(F)(F)F)ccc32)cc1. The summed E-state index contributed by atoms with van der Waals surface area (Å²) in [5, 5.41) is 9.28. The highest BCUT2D eigenvalue weighted by Crippen LogP contribution is 2.35. The smallest absolute Gasteiger partial charge is 0.416 e. The predicted molar refractivity (Wildman–Crippen MR) is 135 cm³/mol. The van der Waals surface area contributed by atoms with Crippen LogP contribution >= 0.6 is 0 Å². The summed E-state index contributed by atoms with van der Waals surface area (Å²) >= 11 is 0. The maximum Gasteiger partial charge on any atom is 0.416 e. The number of benzene rings is 3. The lowest BCUT2D eigenvalue weighted by molar-refractivity contribution is -0.137. The van der Waals surface area contributed by atoms with E-state index >= 15 is 0 Å². The van der Waals surface area contributed by atoms with E-state index in [4.69, 9.17) is 5.11 Å². The number of fused-ring (bicyclic) bond motifs is 1. The molecule has 0 saturated heterocycles. The van der Waals surface area contributed by atoms with E-state index in [2.05, 4.69) is 13.8 Å². The Morgan fingerprint density at radius 3 is 2.03 bits per heavy atom. The van der Waals surface area contributed by atoms with Gasteiger partial charge in [-0.3, -0.25) is 0 Å². The van der Waals surface area contributed by atoms with Crippen molar-refractivity contribution in [2.75, 3.05) is 0 Å². The highest BCUT2D eigenvalue weighted by atomic mass is 32.2. The van der Waals surface area contributed by atoms with Gasteiger partial charge in [0.25, 0.3) is 10.0 Å². The molecule has 4 rings (SSSR count). The Morgan fingerprint density at radius 2 is 1.49 bits per heavy atom. The molecule has 1 heterocycles. The molecule has 194 valence electrons. The minimum absolute atomic E-state index is 0.0167. The monoisotopic (exact) mass is 529 g/mol. The second-order valence-electron chi connectivity index (χ2n) is 9.62. The van der Waals surface area contributed by atoms with Crippen LogP contribution in [0.4, 0.5) is 13.2 Å². The first-order chi connectivity index (χ1) is 17.2. The Hall–Kier alpha value is -3.59. The number of nitrogens with zero attached hydrogens (tertiary/aromatic N) is 1. The van der Waals surface area contributed by atoms with Crippen LogP contribution in [0, 0.1) is 0 Å². The molecule has 0 aliphatic rings. The fourth-order valence-corrected chi connectivity index (χ4v) is 5.73. The van der Waals surface area contributed by atoms with Crippen LogP contribution in [0.25, 0.3) is 10.9 Å². The van der Waals surface area contributed by atoms with Crippen molar-refractivity contribution >= 4 is 26.9 Å². The first kappa shape index (κ1) is 26.5. The van der Waals surface area contributed by atoms with Gasteiger partial charge in [-0.2, -0.15) is 13.2 Å². The van der Waals surface area contributed by atoms with Crippen LogP contribution in [0.1, 0.15) is 59.9 Å². The van der Waals surface area contributed by atoms with Crippen molar-refractivity contribution in [3.05, 3.63) is 101 Å². The highest BCUT2D eigenvalue weighted by Gasteiger charge is 2.32. The standard InChI is InChI=1S/C28H26F3NO4S/c1-4-27(2,3)21-9-12-24(13-10-21)37(35,36)32-23(15-18-5-7-19(8-6-18)26(33)34)17-20-16-22(28(29,30)31)11-14-25(20)32/h5-14,16-17H,4,15H2,1-3H3,(H,33,34). The molecule has 9 heteroatoms. The number of aromatic nitrogens is 1. The molecule has 0 unspecified atom stereocenters. The van der Waals surface area contributed by atoms with Crippen molar-refractivity contribution in [3.8, 4) is 0 Å². The Labute approximate surface area is 213 Å². The van der Waals surface area contributed by atoms with Crippen LogP contribution in [-0.2, 0) is 28.0 Å². The van der Waals surface area contributed by atoms with E-state index < -0.39 is 27.7 Å². The summed E-state index contributed by atoms with van der Waals surface area (Å²) in [6.07, 6.45) is -3.66. The molecular weight excluding hydrogens is 503 g/mol. The summed E-state index contributed by atoms with van der Waals surface area (Å²) in [6, 6.07) is 16.9. The summed E-state index contributed by atoms with van der Waals surface area (Å²) in [7, 11) is -4.17. The van der Waals surface area contributed by atoms with E-state index in [-0.39, 0.29) is 38.9 Å². The van der Waals surface area contributed by atoms with E-state index in [0.29, 0.717) is 5.56 Å². The molecule has 37 heavy (non-hydrogen) atoms. The van der Waals surface area contributed by atoms with Crippen molar-refractivity contribution < 1.29 is 31.5 Å². The third kappa shape index (κ3) is 5.13. The van der Waals surface area contributed by atoms with Crippen LogP contribution in [0.3, 0.4) is 0 Å². The van der Waals surface area contributed by atoms with E-state index in [9.17, 15) is 26.4 Å². The molecule has 3 aromatic carbocycles. The Balaban J connectivity index is 1.87. The number of carbonyl (C=O) groups is 1. The van der Waals surface area contributed by atoms with E-state index in [0.717, 1.165) is 28.1 Å². The number of carboxylic acids is 1. The van der Waals surface area contributed by atoms with Crippen LogP contribution in [0.15, 0.2) is 77.7 Å². The van der Waals surface area contributed by atoms with Crippen LogP contribution in [-0.4, -0.2) is 23.5 Å². The Bertz CT molecular complexity index is 1570. The lowest BCUT2D eigenvalue weighted by atomic mass is 9.82. The topological polar surface area (TPSA) is 76.4 Å². The molecule has 0 bridgehead atoms. The molecule has 0 saturated carbocycles. The maximum absolute atomic E-state index is 13.8. The van der Waals surface area contributed by atoms with Crippen molar-refractivity contribution in [3.63, 3.8) is 0 Å². The number of halogens is 3. The van der Waals surface area contributed by atoms with Crippen molar-refractivity contribution in [1.29, 1.82) is 0 Å². The molecule has 0 aliphatic carbocycles. The van der Waals surface area contributed by atoms with Crippen LogP contribution in [0.5, 0.6) is 0 Å².